The molecule has 8 heteroatoms. The van der Waals surface area contributed by atoms with Crippen LogP contribution >= 0.6 is 0 Å². The number of esters is 1. The fourth-order valence-corrected chi connectivity index (χ4v) is 3.34. The predicted octanol–water partition coefficient (Wildman–Crippen LogP) is 3.40. The average Bonchev–Trinajstić information content (AvgIpc) is 3.10. The van der Waals surface area contributed by atoms with Gasteiger partial charge >= 0.3 is 5.97 Å². The van der Waals surface area contributed by atoms with Crippen LogP contribution in [0.3, 0.4) is 0 Å². The molecule has 1 heterocycles. The van der Waals surface area contributed by atoms with Crippen LogP contribution in [-0.2, 0) is 9.53 Å². The molecule has 0 atom stereocenters. The third-order valence-electron chi connectivity index (χ3n) is 4.91. The first-order chi connectivity index (χ1) is 15.3. The number of ketones is 1. The lowest BCUT2D eigenvalue weighted by molar-refractivity contribution is -0.141. The summed E-state index contributed by atoms with van der Waals surface area (Å²) in [6.07, 6.45) is 0. The second-order valence-corrected chi connectivity index (χ2v) is 7.07. The second kappa shape index (κ2) is 9.91. The van der Waals surface area contributed by atoms with Gasteiger partial charge in [0.15, 0.2) is 6.61 Å². The Kier molecular flexibility index (Phi) is 7.04. The third kappa shape index (κ3) is 5.03. The maximum atomic E-state index is 14.2. The van der Waals surface area contributed by atoms with Crippen molar-refractivity contribution in [3.63, 3.8) is 0 Å². The third-order valence-corrected chi connectivity index (χ3v) is 4.91. The van der Waals surface area contributed by atoms with Crippen molar-refractivity contribution >= 4 is 17.7 Å². The zero-order valence-corrected chi connectivity index (χ0v) is 18.0. The Hall–Kier alpha value is -3.94. The predicted molar refractivity (Wildman–Crippen MR) is 116 cm³/mol. The van der Waals surface area contributed by atoms with Crippen LogP contribution in [0.5, 0.6) is 5.75 Å². The van der Waals surface area contributed by atoms with E-state index in [1.165, 1.54) is 19.2 Å². The first kappa shape index (κ1) is 22.7. The van der Waals surface area contributed by atoms with E-state index in [9.17, 15) is 18.8 Å². The van der Waals surface area contributed by atoms with E-state index in [4.69, 9.17) is 9.47 Å². The maximum Gasteiger partial charge on any atom is 0.325 e. The van der Waals surface area contributed by atoms with Crippen molar-refractivity contribution in [1.29, 1.82) is 0 Å². The molecule has 0 unspecified atom stereocenters. The van der Waals surface area contributed by atoms with Gasteiger partial charge in [-0.3, -0.25) is 14.4 Å². The van der Waals surface area contributed by atoms with Crippen LogP contribution in [0.4, 0.5) is 4.39 Å². The number of nitrogens with one attached hydrogen (secondary N) is 1. The van der Waals surface area contributed by atoms with Gasteiger partial charge in [-0.2, -0.15) is 0 Å². The number of amides is 1. The van der Waals surface area contributed by atoms with Crippen LogP contribution in [0, 0.1) is 19.7 Å². The fraction of sp³-hybridized carbons (Fsp3) is 0.208. The molecule has 1 N–H and O–H groups in total. The van der Waals surface area contributed by atoms with Gasteiger partial charge in [0.1, 0.15) is 18.1 Å². The number of rotatable bonds is 8. The van der Waals surface area contributed by atoms with Crippen molar-refractivity contribution in [2.24, 2.45) is 0 Å². The lowest BCUT2D eigenvalue weighted by Crippen LogP contribution is -2.31. The SMILES string of the molecule is COc1cccc(C(=O)NCC(=O)OCC(=O)c2cc(C)n(-c3ccccc3F)c2C)c1. The van der Waals surface area contributed by atoms with Gasteiger partial charge < -0.3 is 19.4 Å². The van der Waals surface area contributed by atoms with Gasteiger partial charge in [0.25, 0.3) is 5.91 Å². The van der Waals surface area contributed by atoms with Crippen molar-refractivity contribution in [3.8, 4) is 11.4 Å². The van der Waals surface area contributed by atoms with Crippen molar-refractivity contribution < 1.29 is 28.2 Å². The number of nitrogens with zero attached hydrogens (tertiary/aromatic N) is 1. The second-order valence-electron chi connectivity index (χ2n) is 7.07. The van der Waals surface area contributed by atoms with Gasteiger partial charge in [-0.15, -0.1) is 0 Å². The molecule has 0 radical (unpaired) electrons. The van der Waals surface area contributed by atoms with Crippen LogP contribution < -0.4 is 10.1 Å². The molecule has 0 spiro atoms. The first-order valence-corrected chi connectivity index (χ1v) is 9.86. The molecular formula is C24H23FN2O5. The number of carbonyl (C=O) groups is 3. The van der Waals surface area contributed by atoms with Crippen LogP contribution in [0.1, 0.15) is 32.1 Å². The summed E-state index contributed by atoms with van der Waals surface area (Å²) >= 11 is 0. The largest absolute Gasteiger partial charge is 0.497 e. The quantitative estimate of drug-likeness (QED) is 0.430. The van der Waals surface area contributed by atoms with Gasteiger partial charge in [0, 0.05) is 22.5 Å². The number of carbonyl (C=O) groups excluding carboxylic acids is 3. The minimum absolute atomic E-state index is 0.328. The highest BCUT2D eigenvalue weighted by Crippen LogP contribution is 2.23. The smallest absolute Gasteiger partial charge is 0.325 e. The summed E-state index contributed by atoms with van der Waals surface area (Å²) in [5.74, 6) is -1.54. The molecule has 3 aromatic rings. The molecule has 3 rings (SSSR count). The highest BCUT2D eigenvalue weighted by Gasteiger charge is 2.19. The molecule has 2 aromatic carbocycles. The topological polar surface area (TPSA) is 86.6 Å². The van der Waals surface area contributed by atoms with Crippen molar-refractivity contribution in [1.82, 2.24) is 9.88 Å². The Morgan fingerprint density at radius 3 is 2.50 bits per heavy atom. The highest BCUT2D eigenvalue weighted by atomic mass is 19.1. The summed E-state index contributed by atoms with van der Waals surface area (Å²) in [5, 5.41) is 2.44. The van der Waals surface area contributed by atoms with E-state index >= 15 is 0 Å². The van der Waals surface area contributed by atoms with Crippen LogP contribution in [0.15, 0.2) is 54.6 Å². The van der Waals surface area contributed by atoms with Gasteiger partial charge in [-0.1, -0.05) is 18.2 Å². The van der Waals surface area contributed by atoms with Crippen molar-refractivity contribution in [2.75, 3.05) is 20.3 Å². The molecule has 0 aliphatic heterocycles. The summed E-state index contributed by atoms with van der Waals surface area (Å²) < 4.78 is 25.9. The Morgan fingerprint density at radius 2 is 1.78 bits per heavy atom. The molecule has 32 heavy (non-hydrogen) atoms. The van der Waals surface area contributed by atoms with Gasteiger partial charge in [-0.25, -0.2) is 4.39 Å². The number of halogens is 1. The van der Waals surface area contributed by atoms with Crippen molar-refractivity contribution in [3.05, 3.63) is 82.9 Å². The van der Waals surface area contributed by atoms with Gasteiger partial charge in [-0.05, 0) is 50.2 Å². The van der Waals surface area contributed by atoms with Crippen LogP contribution in [-0.4, -0.2) is 42.5 Å². The number of benzene rings is 2. The Bertz CT molecular complexity index is 1170. The van der Waals surface area contributed by atoms with E-state index in [2.05, 4.69) is 5.32 Å². The number of aryl methyl sites for hydroxylation is 1. The van der Waals surface area contributed by atoms with E-state index in [-0.39, 0.29) is 0 Å². The van der Waals surface area contributed by atoms with E-state index < -0.39 is 36.6 Å². The summed E-state index contributed by atoms with van der Waals surface area (Å²) in [6, 6.07) is 14.4. The molecule has 0 aliphatic carbocycles. The van der Waals surface area contributed by atoms with Crippen LogP contribution in [0.25, 0.3) is 5.69 Å². The molecule has 1 aromatic heterocycles. The van der Waals surface area contributed by atoms with E-state index in [0.29, 0.717) is 34.0 Å². The molecule has 0 fully saturated rings. The van der Waals surface area contributed by atoms with Gasteiger partial charge in [0.05, 0.1) is 12.8 Å². The lowest BCUT2D eigenvalue weighted by Gasteiger charge is -2.11. The Morgan fingerprint density at radius 1 is 1.03 bits per heavy atom. The molecule has 0 bridgehead atoms. The molecule has 0 aliphatic rings. The molecule has 1 amide bonds. The summed E-state index contributed by atoms with van der Waals surface area (Å²) in [5.41, 5.74) is 2.21. The fourth-order valence-electron chi connectivity index (χ4n) is 3.34. The number of hydrogen-bond donors (Lipinski definition) is 1. The normalized spacial score (nSPS) is 10.5. The average molecular weight is 438 g/mol. The number of hydrogen-bond acceptors (Lipinski definition) is 5. The van der Waals surface area contributed by atoms with Crippen LogP contribution in [0.2, 0.25) is 0 Å². The molecule has 0 saturated carbocycles. The van der Waals surface area contributed by atoms with E-state index in [1.807, 2.05) is 0 Å². The minimum Gasteiger partial charge on any atom is -0.497 e. The molecular weight excluding hydrogens is 415 g/mol. The Labute approximate surface area is 184 Å². The monoisotopic (exact) mass is 438 g/mol. The number of aromatic nitrogens is 1. The number of para-hydroxylation sites is 1. The van der Waals surface area contributed by atoms with E-state index in [1.54, 1.807) is 60.9 Å². The number of ether oxygens (including phenoxy) is 2. The lowest BCUT2D eigenvalue weighted by atomic mass is 10.1. The standard InChI is InChI=1S/C24H23FN2O5/c1-15-11-19(16(2)27(15)21-10-5-4-9-20(21)25)22(28)14-32-23(29)13-26-24(30)17-7-6-8-18(12-17)31-3/h4-12H,13-14H2,1-3H3,(H,26,30). The highest BCUT2D eigenvalue weighted by molar-refractivity contribution is 6.00. The number of methoxy groups -OCH3 is 1. The number of Topliss-reactive ketones (excluding diaryl/α,β-unsaturated/α-hetero) is 1. The Balaban J connectivity index is 1.59. The molecule has 166 valence electrons. The first-order valence-electron chi connectivity index (χ1n) is 9.86. The minimum atomic E-state index is -0.752. The zero-order chi connectivity index (χ0) is 23.3. The van der Waals surface area contributed by atoms with E-state index in [0.717, 1.165) is 0 Å². The molecule has 7 nitrogen and oxygen atoms in total. The van der Waals surface area contributed by atoms with Crippen molar-refractivity contribution in [2.45, 2.75) is 13.8 Å². The zero-order valence-electron chi connectivity index (χ0n) is 18.0. The summed E-state index contributed by atoms with van der Waals surface area (Å²) in [4.78, 5) is 36.7. The summed E-state index contributed by atoms with van der Waals surface area (Å²) in [6.45, 7) is 2.58. The summed E-state index contributed by atoms with van der Waals surface area (Å²) in [7, 11) is 1.49. The molecule has 0 saturated heterocycles. The van der Waals surface area contributed by atoms with Gasteiger partial charge in [0.2, 0.25) is 5.78 Å². The maximum absolute atomic E-state index is 14.2.